The minimum atomic E-state index is -1.30. The van der Waals surface area contributed by atoms with E-state index in [1.807, 2.05) is 6.07 Å². The van der Waals surface area contributed by atoms with Crippen molar-refractivity contribution in [3.8, 4) is 6.07 Å². The van der Waals surface area contributed by atoms with Gasteiger partial charge in [-0.05, 0) is 54.3 Å². The number of nitrogens with one attached hydrogen (secondary N) is 2. The summed E-state index contributed by atoms with van der Waals surface area (Å²) >= 11 is 11.7. The van der Waals surface area contributed by atoms with E-state index in [-0.39, 0.29) is 24.6 Å². The monoisotopic (exact) mass is 625 g/mol. The lowest BCUT2D eigenvalue weighted by molar-refractivity contribution is -0.138. The van der Waals surface area contributed by atoms with Crippen molar-refractivity contribution in [2.75, 3.05) is 6.26 Å². The Morgan fingerprint density at radius 2 is 1.95 bits per heavy atom. The van der Waals surface area contributed by atoms with Crippen LogP contribution in [0.25, 0.3) is 0 Å². The third-order valence-electron chi connectivity index (χ3n) is 7.69. The minimum Gasteiger partial charge on any atom is -0.598 e. The average Bonchev–Trinajstić information content (AvgIpc) is 2.98. The lowest BCUT2D eigenvalue weighted by atomic mass is 9.76. The maximum absolute atomic E-state index is 14.3. The molecule has 1 fully saturated rings. The van der Waals surface area contributed by atoms with Gasteiger partial charge in [0.25, 0.3) is 11.8 Å². The standard InChI is InChI=1S/C30H29Cl2N5O4S/c1-42(40)36-25-8-4-5-9-26(25)37-28(23-13-11-19(31)14-24(23)32)27(21-6-2-3-7-22(21)30(37)39)29(38)35-41-17-20-12-10-18(15-33)16-34-20/h2-3,6-7,10-14,16,25-28,36H,4-5,8-9,17H2,1H3,(H,35,38)/t25-,26-,27+,28-,42?/m0/s1. The number of benzene rings is 2. The number of hydrogen-bond donors (Lipinski definition) is 2. The molecule has 1 aromatic heterocycles. The molecule has 1 unspecified atom stereocenters. The van der Waals surface area contributed by atoms with E-state index in [0.29, 0.717) is 44.4 Å². The molecule has 0 bridgehead atoms. The van der Waals surface area contributed by atoms with Gasteiger partial charge >= 0.3 is 0 Å². The number of amides is 2. The lowest BCUT2D eigenvalue weighted by Crippen LogP contribution is -2.59. The van der Waals surface area contributed by atoms with Gasteiger partial charge in [0.05, 0.1) is 35.3 Å². The van der Waals surface area contributed by atoms with Crippen LogP contribution in [0.15, 0.2) is 60.8 Å². The summed E-state index contributed by atoms with van der Waals surface area (Å²) in [7, 11) is 0. The van der Waals surface area contributed by atoms with E-state index >= 15 is 0 Å². The topological polar surface area (TPSA) is 130 Å². The molecule has 2 aromatic carbocycles. The van der Waals surface area contributed by atoms with Crippen LogP contribution in [0, 0.1) is 11.3 Å². The lowest BCUT2D eigenvalue weighted by Gasteiger charge is -2.48. The minimum absolute atomic E-state index is 0.0300. The maximum Gasteiger partial charge on any atom is 0.255 e. The Morgan fingerprint density at radius 1 is 1.17 bits per heavy atom. The van der Waals surface area contributed by atoms with Crippen molar-refractivity contribution in [2.45, 2.75) is 56.3 Å². The molecule has 2 heterocycles. The number of nitriles is 1. The zero-order valence-electron chi connectivity index (χ0n) is 22.8. The Kier molecular flexibility index (Phi) is 9.68. The number of hydroxylamine groups is 1. The summed E-state index contributed by atoms with van der Waals surface area (Å²) < 4.78 is 15.4. The van der Waals surface area contributed by atoms with Gasteiger partial charge in [0.1, 0.15) is 18.9 Å². The van der Waals surface area contributed by atoms with E-state index in [1.54, 1.807) is 65.8 Å². The normalized spacial score (nSPS) is 22.6. The first-order valence-electron chi connectivity index (χ1n) is 13.5. The number of hydrogen-bond acceptors (Lipinski definition) is 7. The van der Waals surface area contributed by atoms with E-state index < -0.39 is 29.2 Å². The van der Waals surface area contributed by atoms with Gasteiger partial charge in [0, 0.05) is 33.2 Å². The van der Waals surface area contributed by atoms with Crippen LogP contribution in [-0.2, 0) is 27.6 Å². The fourth-order valence-corrected chi connectivity index (χ4v) is 7.11. The Morgan fingerprint density at radius 3 is 2.67 bits per heavy atom. The van der Waals surface area contributed by atoms with Gasteiger partial charge < -0.3 is 9.45 Å². The molecule has 2 amide bonds. The molecule has 0 saturated heterocycles. The van der Waals surface area contributed by atoms with Crippen molar-refractivity contribution in [1.29, 1.82) is 5.26 Å². The third-order valence-corrected chi connectivity index (χ3v) is 8.89. The number of aromatic nitrogens is 1. The summed E-state index contributed by atoms with van der Waals surface area (Å²) in [5.41, 5.74) is 5.03. The Balaban J connectivity index is 1.55. The van der Waals surface area contributed by atoms with Gasteiger partial charge in [0.15, 0.2) is 0 Å². The second-order valence-corrected chi connectivity index (χ2v) is 12.3. The van der Waals surface area contributed by atoms with E-state index in [2.05, 4.69) is 15.2 Å². The quantitative estimate of drug-likeness (QED) is 0.266. The summed E-state index contributed by atoms with van der Waals surface area (Å²) in [4.78, 5) is 39.8. The number of rotatable bonds is 8. The molecule has 0 radical (unpaired) electrons. The first kappa shape index (κ1) is 30.3. The Hall–Kier alpha value is -3.17. The van der Waals surface area contributed by atoms with Crippen LogP contribution >= 0.6 is 23.2 Å². The second kappa shape index (κ2) is 13.4. The molecule has 9 nitrogen and oxygen atoms in total. The predicted octanol–water partition coefficient (Wildman–Crippen LogP) is 4.98. The van der Waals surface area contributed by atoms with Gasteiger partial charge in [-0.1, -0.05) is 60.3 Å². The number of pyridine rings is 1. The zero-order valence-corrected chi connectivity index (χ0v) is 25.1. The molecule has 5 atom stereocenters. The molecule has 3 aromatic rings. The predicted molar refractivity (Wildman–Crippen MR) is 160 cm³/mol. The van der Waals surface area contributed by atoms with Crippen LogP contribution in [0.3, 0.4) is 0 Å². The van der Waals surface area contributed by atoms with Crippen LogP contribution in [0.2, 0.25) is 10.0 Å². The van der Waals surface area contributed by atoms with Gasteiger partial charge in [-0.2, -0.15) is 5.26 Å². The highest BCUT2D eigenvalue weighted by Crippen LogP contribution is 2.47. The summed E-state index contributed by atoms with van der Waals surface area (Å²) in [6.45, 7) is -0.0300. The summed E-state index contributed by atoms with van der Waals surface area (Å²) in [5, 5.41) is 9.76. The van der Waals surface area contributed by atoms with Crippen molar-refractivity contribution in [3.63, 3.8) is 0 Å². The van der Waals surface area contributed by atoms with Crippen LogP contribution in [0.5, 0.6) is 0 Å². The number of carbonyl (C=O) groups excluding carboxylic acids is 2. The fourth-order valence-electron chi connectivity index (χ4n) is 5.89. The number of halogens is 2. The molecule has 2 aliphatic rings. The third kappa shape index (κ3) is 6.42. The molecule has 2 N–H and O–H groups in total. The molecular weight excluding hydrogens is 597 g/mol. The van der Waals surface area contributed by atoms with Gasteiger partial charge in [0.2, 0.25) is 0 Å². The number of nitrogens with zero attached hydrogens (tertiary/aromatic N) is 3. The second-order valence-electron chi connectivity index (χ2n) is 10.3. The molecule has 42 heavy (non-hydrogen) atoms. The van der Waals surface area contributed by atoms with Gasteiger partial charge in [-0.25, -0.2) is 5.48 Å². The molecule has 1 saturated carbocycles. The van der Waals surface area contributed by atoms with Crippen molar-refractivity contribution in [1.82, 2.24) is 20.1 Å². The summed E-state index contributed by atoms with van der Waals surface area (Å²) in [5.74, 6) is -1.58. The van der Waals surface area contributed by atoms with Crippen molar-refractivity contribution in [3.05, 3.63) is 98.8 Å². The highest BCUT2D eigenvalue weighted by atomic mass is 35.5. The number of carbonyl (C=O) groups is 2. The van der Waals surface area contributed by atoms with Crippen LogP contribution < -0.4 is 10.2 Å². The fraction of sp³-hybridized carbons (Fsp3) is 0.333. The molecule has 12 heteroatoms. The van der Waals surface area contributed by atoms with E-state index in [9.17, 15) is 14.1 Å². The molecule has 1 aliphatic heterocycles. The molecule has 0 spiro atoms. The van der Waals surface area contributed by atoms with Crippen molar-refractivity contribution >= 4 is 46.4 Å². The SMILES string of the molecule is C[S+]([O-])N[C@H]1CCCC[C@@H]1N1C(=O)c2ccccc2[C@@H](C(=O)NOCc2ccc(C#N)cn2)[C@@H]1c1ccc(Cl)cc1Cl. The highest BCUT2D eigenvalue weighted by Gasteiger charge is 2.49. The highest BCUT2D eigenvalue weighted by molar-refractivity contribution is 7.88. The first-order chi connectivity index (χ1) is 20.3. The summed E-state index contributed by atoms with van der Waals surface area (Å²) in [6.07, 6.45) is 6.20. The Labute approximate surface area is 257 Å². The van der Waals surface area contributed by atoms with Crippen LogP contribution in [0.4, 0.5) is 0 Å². The van der Waals surface area contributed by atoms with Crippen LogP contribution in [0.1, 0.15) is 70.4 Å². The van der Waals surface area contributed by atoms with E-state index in [1.165, 1.54) is 6.20 Å². The number of fused-ring (bicyclic) bond motifs is 1. The largest absolute Gasteiger partial charge is 0.598 e. The van der Waals surface area contributed by atoms with Gasteiger partial charge in [-0.15, -0.1) is 4.72 Å². The van der Waals surface area contributed by atoms with Crippen molar-refractivity contribution in [2.24, 2.45) is 0 Å². The average molecular weight is 627 g/mol. The van der Waals surface area contributed by atoms with E-state index in [4.69, 9.17) is 33.3 Å². The molecule has 1 aliphatic carbocycles. The van der Waals surface area contributed by atoms with Gasteiger partial charge in [-0.3, -0.25) is 19.4 Å². The molecule has 218 valence electrons. The van der Waals surface area contributed by atoms with Crippen molar-refractivity contribution < 1.29 is 19.0 Å². The summed E-state index contributed by atoms with van der Waals surface area (Å²) in [6, 6.07) is 16.0. The molecular formula is C30H29Cl2N5O4S. The first-order valence-corrected chi connectivity index (χ1v) is 15.8. The molecule has 5 rings (SSSR count). The maximum atomic E-state index is 14.3. The Bertz CT molecular complexity index is 1500. The van der Waals surface area contributed by atoms with E-state index in [0.717, 1.165) is 19.3 Å². The zero-order chi connectivity index (χ0) is 29.8. The smallest absolute Gasteiger partial charge is 0.255 e. The van der Waals surface area contributed by atoms with Crippen LogP contribution in [-0.4, -0.2) is 44.6 Å².